The van der Waals surface area contributed by atoms with Gasteiger partial charge in [-0.1, -0.05) is 18.0 Å². The minimum atomic E-state index is -0.113. The van der Waals surface area contributed by atoms with Gasteiger partial charge < -0.3 is 15.8 Å². The predicted molar refractivity (Wildman–Crippen MR) is 72.9 cm³/mol. The van der Waals surface area contributed by atoms with Crippen molar-refractivity contribution in [2.24, 2.45) is 5.73 Å². The number of hydrogen-bond acceptors (Lipinski definition) is 3. The van der Waals surface area contributed by atoms with Gasteiger partial charge in [0.25, 0.3) is 5.91 Å². The highest BCUT2D eigenvalue weighted by Gasteiger charge is 2.01. The van der Waals surface area contributed by atoms with Gasteiger partial charge in [-0.3, -0.25) is 4.79 Å². The van der Waals surface area contributed by atoms with Crippen LogP contribution in [0.3, 0.4) is 0 Å². The second-order valence-electron chi connectivity index (χ2n) is 3.94. The lowest BCUT2D eigenvalue weighted by Gasteiger charge is -2.07. The van der Waals surface area contributed by atoms with Crippen LogP contribution in [0.5, 0.6) is 5.75 Å². The summed E-state index contributed by atoms with van der Waals surface area (Å²) in [5.74, 6) is 0.524. The van der Waals surface area contributed by atoms with Crippen molar-refractivity contribution in [2.45, 2.75) is 19.3 Å². The van der Waals surface area contributed by atoms with Crippen molar-refractivity contribution in [1.82, 2.24) is 5.32 Å². The van der Waals surface area contributed by atoms with Gasteiger partial charge in [-0.05, 0) is 43.7 Å². The fourth-order valence-electron chi connectivity index (χ4n) is 1.40. The Morgan fingerprint density at radius 3 is 2.61 bits per heavy atom. The van der Waals surface area contributed by atoms with Gasteiger partial charge in [-0.15, -0.1) is 0 Å². The summed E-state index contributed by atoms with van der Waals surface area (Å²) in [7, 11) is 0. The topological polar surface area (TPSA) is 64.3 Å². The van der Waals surface area contributed by atoms with Crippen LogP contribution in [-0.2, 0) is 4.79 Å². The lowest BCUT2D eigenvalue weighted by molar-refractivity contribution is -0.123. The van der Waals surface area contributed by atoms with Crippen molar-refractivity contribution < 1.29 is 9.53 Å². The van der Waals surface area contributed by atoms with Crippen molar-refractivity contribution in [3.63, 3.8) is 0 Å². The minimum absolute atomic E-state index is 0.0263. The molecule has 0 aliphatic carbocycles. The molecule has 0 atom stereocenters. The number of hydrogen-bond donors (Lipinski definition) is 2. The van der Waals surface area contributed by atoms with Gasteiger partial charge in [0, 0.05) is 11.6 Å². The number of nitrogens with two attached hydrogens (primary N) is 1. The first-order valence-corrected chi connectivity index (χ1v) is 6.45. The Kier molecular flexibility index (Phi) is 7.22. The quantitative estimate of drug-likeness (QED) is 0.710. The van der Waals surface area contributed by atoms with Crippen LogP contribution in [0.4, 0.5) is 0 Å². The maximum absolute atomic E-state index is 11.4. The SMILES string of the molecule is NCCCCCNC(=O)COc1ccc(Cl)cc1. The summed E-state index contributed by atoms with van der Waals surface area (Å²) in [6, 6.07) is 6.91. The molecular formula is C13H19ClN2O2. The Morgan fingerprint density at radius 2 is 1.94 bits per heavy atom. The fraction of sp³-hybridized carbons (Fsp3) is 0.462. The molecule has 4 nitrogen and oxygen atoms in total. The zero-order chi connectivity index (χ0) is 13.2. The fourth-order valence-corrected chi connectivity index (χ4v) is 1.53. The van der Waals surface area contributed by atoms with Gasteiger partial charge >= 0.3 is 0 Å². The summed E-state index contributed by atoms with van der Waals surface area (Å²) in [5.41, 5.74) is 5.38. The van der Waals surface area contributed by atoms with Gasteiger partial charge in [0.1, 0.15) is 5.75 Å². The van der Waals surface area contributed by atoms with Crippen LogP contribution >= 0.6 is 11.6 Å². The molecule has 1 aromatic carbocycles. The van der Waals surface area contributed by atoms with E-state index >= 15 is 0 Å². The molecule has 3 N–H and O–H groups in total. The average molecular weight is 271 g/mol. The molecule has 0 bridgehead atoms. The largest absolute Gasteiger partial charge is 0.484 e. The maximum Gasteiger partial charge on any atom is 0.257 e. The first-order chi connectivity index (χ1) is 8.72. The zero-order valence-electron chi connectivity index (χ0n) is 10.3. The van der Waals surface area contributed by atoms with Gasteiger partial charge in [-0.2, -0.15) is 0 Å². The van der Waals surface area contributed by atoms with E-state index in [0.717, 1.165) is 19.3 Å². The molecule has 0 aliphatic heterocycles. The lowest BCUT2D eigenvalue weighted by Crippen LogP contribution is -2.29. The number of ether oxygens (including phenoxy) is 1. The number of carbonyl (C=O) groups is 1. The molecule has 0 fully saturated rings. The van der Waals surface area contributed by atoms with E-state index in [2.05, 4.69) is 5.32 Å². The molecule has 0 saturated carbocycles. The second-order valence-corrected chi connectivity index (χ2v) is 4.38. The molecule has 0 aromatic heterocycles. The van der Waals surface area contributed by atoms with Crippen LogP contribution in [0, 0.1) is 0 Å². The third kappa shape index (κ3) is 6.47. The molecule has 0 aliphatic rings. The maximum atomic E-state index is 11.4. The summed E-state index contributed by atoms with van der Waals surface area (Å²) in [6.45, 7) is 1.40. The Morgan fingerprint density at radius 1 is 1.22 bits per heavy atom. The number of amides is 1. The van der Waals surface area contributed by atoms with Crippen LogP contribution in [-0.4, -0.2) is 25.6 Å². The van der Waals surface area contributed by atoms with Crippen LogP contribution in [0.25, 0.3) is 0 Å². The highest BCUT2D eigenvalue weighted by atomic mass is 35.5. The summed E-state index contributed by atoms with van der Waals surface area (Å²) < 4.78 is 5.31. The van der Waals surface area contributed by atoms with E-state index in [-0.39, 0.29) is 12.5 Å². The number of unbranched alkanes of at least 4 members (excludes halogenated alkanes) is 2. The van der Waals surface area contributed by atoms with E-state index in [9.17, 15) is 4.79 Å². The molecule has 5 heteroatoms. The number of rotatable bonds is 8. The van der Waals surface area contributed by atoms with Crippen LogP contribution in [0.2, 0.25) is 5.02 Å². The molecular weight excluding hydrogens is 252 g/mol. The Balaban J connectivity index is 2.11. The minimum Gasteiger partial charge on any atom is -0.484 e. The van der Waals surface area contributed by atoms with Crippen molar-refractivity contribution in [3.8, 4) is 5.75 Å². The smallest absolute Gasteiger partial charge is 0.257 e. The van der Waals surface area contributed by atoms with E-state index in [4.69, 9.17) is 22.1 Å². The predicted octanol–water partition coefficient (Wildman–Crippen LogP) is 1.96. The summed E-state index contributed by atoms with van der Waals surface area (Å²) in [4.78, 5) is 11.4. The third-order valence-electron chi connectivity index (χ3n) is 2.39. The first kappa shape index (κ1) is 14.8. The summed E-state index contributed by atoms with van der Waals surface area (Å²) >= 11 is 5.74. The van der Waals surface area contributed by atoms with Crippen molar-refractivity contribution in [2.75, 3.05) is 19.7 Å². The average Bonchev–Trinajstić information content (AvgIpc) is 2.38. The normalized spacial score (nSPS) is 10.1. The summed E-state index contributed by atoms with van der Waals surface area (Å²) in [5, 5.41) is 3.44. The lowest BCUT2D eigenvalue weighted by atomic mass is 10.2. The molecule has 0 spiro atoms. The first-order valence-electron chi connectivity index (χ1n) is 6.07. The van der Waals surface area contributed by atoms with Crippen LogP contribution in [0.1, 0.15) is 19.3 Å². The Bertz CT molecular complexity index is 355. The highest BCUT2D eigenvalue weighted by Crippen LogP contribution is 2.15. The van der Waals surface area contributed by atoms with Crippen LogP contribution < -0.4 is 15.8 Å². The standard InChI is InChI=1S/C13H19ClN2O2/c14-11-4-6-12(7-5-11)18-10-13(17)16-9-3-1-2-8-15/h4-7H,1-3,8-10,15H2,(H,16,17). The third-order valence-corrected chi connectivity index (χ3v) is 2.64. The molecule has 0 unspecified atom stereocenters. The number of benzene rings is 1. The van der Waals surface area contributed by atoms with Crippen LogP contribution in [0.15, 0.2) is 24.3 Å². The number of nitrogens with one attached hydrogen (secondary N) is 1. The number of carbonyl (C=O) groups excluding carboxylic acids is 1. The number of halogens is 1. The van der Waals surface area contributed by atoms with Crippen molar-refractivity contribution in [3.05, 3.63) is 29.3 Å². The van der Waals surface area contributed by atoms with E-state index in [1.807, 2.05) is 0 Å². The van der Waals surface area contributed by atoms with E-state index in [1.165, 1.54) is 0 Å². The zero-order valence-corrected chi connectivity index (χ0v) is 11.1. The molecule has 1 amide bonds. The van der Waals surface area contributed by atoms with E-state index < -0.39 is 0 Å². The van der Waals surface area contributed by atoms with Crippen molar-refractivity contribution in [1.29, 1.82) is 0 Å². The molecule has 18 heavy (non-hydrogen) atoms. The van der Waals surface area contributed by atoms with Gasteiger partial charge in [0.05, 0.1) is 0 Å². The summed E-state index contributed by atoms with van der Waals surface area (Å²) in [6.07, 6.45) is 2.98. The monoisotopic (exact) mass is 270 g/mol. The Labute approximate surface area is 112 Å². The molecule has 0 radical (unpaired) electrons. The molecule has 0 saturated heterocycles. The van der Waals surface area contributed by atoms with E-state index in [1.54, 1.807) is 24.3 Å². The van der Waals surface area contributed by atoms with Gasteiger partial charge in [-0.25, -0.2) is 0 Å². The molecule has 1 aromatic rings. The van der Waals surface area contributed by atoms with E-state index in [0.29, 0.717) is 23.9 Å². The van der Waals surface area contributed by atoms with Gasteiger partial charge in [0.2, 0.25) is 0 Å². The highest BCUT2D eigenvalue weighted by molar-refractivity contribution is 6.30. The molecule has 0 heterocycles. The second kappa shape index (κ2) is 8.78. The Hall–Kier alpha value is -1.26. The molecule has 100 valence electrons. The van der Waals surface area contributed by atoms with Crippen molar-refractivity contribution >= 4 is 17.5 Å². The molecule has 1 rings (SSSR count). The van der Waals surface area contributed by atoms with Gasteiger partial charge in [0.15, 0.2) is 6.61 Å².